The first-order valence-electron chi connectivity index (χ1n) is 10.6. The smallest absolute Gasteiger partial charge is 0.328 e. The number of phenolic OH excluding ortho intramolecular Hbond substituents is 1. The van der Waals surface area contributed by atoms with E-state index in [-0.39, 0.29) is 12.2 Å². The number of carboxylic acids is 1. The van der Waals surface area contributed by atoms with Crippen molar-refractivity contribution in [1.29, 1.82) is 0 Å². The molecule has 0 bridgehead atoms. The van der Waals surface area contributed by atoms with Gasteiger partial charge in [-0.2, -0.15) is 0 Å². The molecule has 3 amide bonds. The highest BCUT2D eigenvalue weighted by atomic mass is 16.4. The summed E-state index contributed by atoms with van der Waals surface area (Å²) in [7, 11) is 0. The van der Waals surface area contributed by atoms with Gasteiger partial charge in [0, 0.05) is 6.42 Å². The number of phenols is 1. The van der Waals surface area contributed by atoms with E-state index >= 15 is 0 Å². The van der Waals surface area contributed by atoms with Gasteiger partial charge in [0.25, 0.3) is 0 Å². The van der Waals surface area contributed by atoms with Crippen molar-refractivity contribution in [2.24, 2.45) is 0 Å². The van der Waals surface area contributed by atoms with Gasteiger partial charge in [-0.3, -0.25) is 14.4 Å². The average molecular weight is 466 g/mol. The number of benzene rings is 1. The van der Waals surface area contributed by atoms with E-state index in [1.54, 1.807) is 0 Å². The quantitative estimate of drug-likeness (QED) is 0.175. The van der Waals surface area contributed by atoms with E-state index in [0.29, 0.717) is 18.5 Å². The number of carbonyl (C=O) groups excluding carboxylic acids is 3. The summed E-state index contributed by atoms with van der Waals surface area (Å²) in [4.78, 5) is 49.2. The van der Waals surface area contributed by atoms with Gasteiger partial charge in [-0.1, -0.05) is 12.1 Å². The highest BCUT2D eigenvalue weighted by Crippen LogP contribution is 2.12. The predicted molar refractivity (Wildman–Crippen MR) is 115 cm³/mol. The van der Waals surface area contributed by atoms with Crippen LogP contribution in [0.15, 0.2) is 24.3 Å². The van der Waals surface area contributed by atoms with Crippen LogP contribution in [0.2, 0.25) is 0 Å². The number of amides is 3. The van der Waals surface area contributed by atoms with Crippen molar-refractivity contribution in [3.8, 4) is 5.75 Å². The molecule has 1 aliphatic heterocycles. The molecule has 2 rings (SSSR count). The normalized spacial score (nSPS) is 19.1. The van der Waals surface area contributed by atoms with Crippen LogP contribution in [0.3, 0.4) is 0 Å². The molecule has 5 unspecified atom stereocenters. The number of aliphatic carboxylic acids is 1. The molecule has 12 heteroatoms. The third kappa shape index (κ3) is 7.70. The Labute approximate surface area is 190 Å². The Morgan fingerprint density at radius 2 is 1.70 bits per heavy atom. The van der Waals surface area contributed by atoms with Crippen LogP contribution in [0.25, 0.3) is 0 Å². The van der Waals surface area contributed by atoms with Gasteiger partial charge in [0.05, 0.1) is 18.8 Å². The lowest BCUT2D eigenvalue weighted by atomic mass is 10.0. The lowest BCUT2D eigenvalue weighted by molar-refractivity contribution is -0.145. The Bertz CT molecular complexity index is 839. The van der Waals surface area contributed by atoms with Crippen LogP contribution in [0.1, 0.15) is 25.3 Å². The summed E-state index contributed by atoms with van der Waals surface area (Å²) in [6.45, 7) is 1.14. The number of aromatic hydroxyl groups is 1. The fraction of sp³-hybridized carbons (Fsp3) is 0.524. The van der Waals surface area contributed by atoms with Crippen molar-refractivity contribution in [1.82, 2.24) is 21.3 Å². The second-order valence-electron chi connectivity index (χ2n) is 7.89. The number of rotatable bonds is 11. The molecule has 12 nitrogen and oxygen atoms in total. The number of carboxylic acid groups (broad SMARTS) is 1. The molecule has 1 fully saturated rings. The van der Waals surface area contributed by atoms with E-state index in [1.165, 1.54) is 31.2 Å². The first-order valence-corrected chi connectivity index (χ1v) is 10.6. The van der Waals surface area contributed by atoms with Gasteiger partial charge < -0.3 is 41.7 Å². The molecular weight excluding hydrogens is 436 g/mol. The Balaban J connectivity index is 2.15. The van der Waals surface area contributed by atoms with Gasteiger partial charge in [0.1, 0.15) is 17.8 Å². The first kappa shape index (κ1) is 26.0. The van der Waals surface area contributed by atoms with Gasteiger partial charge >= 0.3 is 5.97 Å². The maximum absolute atomic E-state index is 12.8. The molecule has 0 radical (unpaired) electrons. The largest absolute Gasteiger partial charge is 0.508 e. The fourth-order valence-electron chi connectivity index (χ4n) is 3.37. The maximum Gasteiger partial charge on any atom is 0.328 e. The maximum atomic E-state index is 12.8. The van der Waals surface area contributed by atoms with Crippen molar-refractivity contribution >= 4 is 23.7 Å². The number of hydrogen-bond acceptors (Lipinski definition) is 8. The van der Waals surface area contributed by atoms with Crippen molar-refractivity contribution in [3.05, 3.63) is 29.8 Å². The van der Waals surface area contributed by atoms with Gasteiger partial charge in [0.2, 0.25) is 17.7 Å². The van der Waals surface area contributed by atoms with E-state index in [1.807, 2.05) is 0 Å². The molecule has 1 aromatic carbocycles. The molecule has 0 aliphatic carbocycles. The van der Waals surface area contributed by atoms with Crippen LogP contribution >= 0.6 is 0 Å². The molecule has 0 saturated carbocycles. The van der Waals surface area contributed by atoms with E-state index < -0.39 is 60.6 Å². The van der Waals surface area contributed by atoms with Crippen LogP contribution in [0.4, 0.5) is 0 Å². The summed E-state index contributed by atoms with van der Waals surface area (Å²) < 4.78 is 0. The van der Waals surface area contributed by atoms with Crippen LogP contribution in [0, 0.1) is 0 Å². The Kier molecular flexibility index (Phi) is 9.57. The van der Waals surface area contributed by atoms with Crippen LogP contribution in [0.5, 0.6) is 5.75 Å². The molecule has 1 saturated heterocycles. The standard InChI is InChI=1S/C21H30N4O8/c1-11(27)17(21(32)33)25-19(30)15(9-12-4-6-13(28)7-5-12)23-20(31)16(10-26)24-18(29)14-3-2-8-22-14/h4-7,11,14-17,22,26-28H,2-3,8-10H2,1H3,(H,23,31)(H,24,29)(H,25,30)(H,32,33). The third-order valence-electron chi connectivity index (χ3n) is 5.25. The molecule has 0 spiro atoms. The van der Waals surface area contributed by atoms with Gasteiger partial charge in [0.15, 0.2) is 6.04 Å². The first-order chi connectivity index (χ1) is 15.6. The summed E-state index contributed by atoms with van der Waals surface area (Å²) in [6.07, 6.45) is -0.0927. The predicted octanol–water partition coefficient (Wildman–Crippen LogP) is -2.40. The van der Waals surface area contributed by atoms with Crippen LogP contribution in [-0.4, -0.2) is 87.5 Å². The minimum Gasteiger partial charge on any atom is -0.508 e. The summed E-state index contributed by atoms with van der Waals surface area (Å²) >= 11 is 0. The number of aliphatic hydroxyl groups excluding tert-OH is 2. The van der Waals surface area contributed by atoms with Gasteiger partial charge in [-0.05, 0) is 44.0 Å². The second kappa shape index (κ2) is 12.1. The molecule has 5 atom stereocenters. The number of nitrogens with one attached hydrogen (secondary N) is 4. The number of hydrogen-bond donors (Lipinski definition) is 8. The summed E-state index contributed by atoms with van der Waals surface area (Å²) in [6, 6.07) is 1.08. The summed E-state index contributed by atoms with van der Waals surface area (Å²) in [5.74, 6) is -3.65. The molecule has 182 valence electrons. The Morgan fingerprint density at radius 3 is 2.21 bits per heavy atom. The molecule has 0 aromatic heterocycles. The van der Waals surface area contributed by atoms with Crippen molar-refractivity contribution in [3.63, 3.8) is 0 Å². The minimum atomic E-state index is -1.61. The highest BCUT2D eigenvalue weighted by Gasteiger charge is 2.32. The molecule has 1 aliphatic rings. The monoisotopic (exact) mass is 466 g/mol. The van der Waals surface area contributed by atoms with E-state index in [9.17, 15) is 39.6 Å². The van der Waals surface area contributed by atoms with E-state index in [4.69, 9.17) is 0 Å². The summed E-state index contributed by atoms with van der Waals surface area (Å²) in [5, 5.41) is 48.0. The lowest BCUT2D eigenvalue weighted by Crippen LogP contribution is -2.59. The molecular formula is C21H30N4O8. The third-order valence-corrected chi connectivity index (χ3v) is 5.25. The number of aliphatic hydroxyl groups is 2. The number of carbonyl (C=O) groups is 4. The van der Waals surface area contributed by atoms with E-state index in [2.05, 4.69) is 21.3 Å². The van der Waals surface area contributed by atoms with E-state index in [0.717, 1.165) is 6.42 Å². The zero-order chi connectivity index (χ0) is 24.5. The van der Waals surface area contributed by atoms with Crippen LogP contribution in [-0.2, 0) is 25.6 Å². The topological polar surface area (TPSA) is 197 Å². The van der Waals surface area contributed by atoms with Crippen molar-refractivity contribution in [2.45, 2.75) is 56.5 Å². The highest BCUT2D eigenvalue weighted by molar-refractivity contribution is 5.94. The Hall–Kier alpha value is -3.22. The molecule has 1 heterocycles. The van der Waals surface area contributed by atoms with Crippen LogP contribution < -0.4 is 21.3 Å². The SMILES string of the molecule is CC(O)C(NC(=O)C(Cc1ccc(O)cc1)NC(=O)C(CO)NC(=O)C1CCCN1)C(=O)O. The fourth-order valence-corrected chi connectivity index (χ4v) is 3.37. The van der Waals surface area contributed by atoms with Crippen molar-refractivity contribution in [2.75, 3.05) is 13.2 Å². The van der Waals surface area contributed by atoms with Gasteiger partial charge in [-0.15, -0.1) is 0 Å². The molecule has 1 aromatic rings. The Morgan fingerprint density at radius 1 is 1.06 bits per heavy atom. The summed E-state index contributed by atoms with van der Waals surface area (Å²) in [5.41, 5.74) is 0.539. The van der Waals surface area contributed by atoms with Gasteiger partial charge in [-0.25, -0.2) is 4.79 Å². The minimum absolute atomic E-state index is 0.00703. The zero-order valence-corrected chi connectivity index (χ0v) is 18.2. The molecule has 8 N–H and O–H groups in total. The average Bonchev–Trinajstić information content (AvgIpc) is 3.31. The van der Waals surface area contributed by atoms with Crippen molar-refractivity contribution < 1.29 is 39.6 Å². The lowest BCUT2D eigenvalue weighted by Gasteiger charge is -2.25. The molecule has 33 heavy (non-hydrogen) atoms. The second-order valence-corrected chi connectivity index (χ2v) is 7.89. The zero-order valence-electron chi connectivity index (χ0n) is 18.2.